The van der Waals surface area contributed by atoms with E-state index >= 15 is 0 Å². The van der Waals surface area contributed by atoms with Crippen molar-refractivity contribution in [2.24, 2.45) is 0 Å². The molecular formula is C22H18F3N5O. The summed E-state index contributed by atoms with van der Waals surface area (Å²) in [6.45, 7) is 7.17. The lowest BCUT2D eigenvalue weighted by Crippen LogP contribution is -2.10. The van der Waals surface area contributed by atoms with Crippen molar-refractivity contribution in [2.75, 3.05) is 24.8 Å². The molecule has 4 rings (SSSR count). The van der Waals surface area contributed by atoms with Crippen LogP contribution in [0.4, 0.5) is 36.3 Å². The first-order valence-electron chi connectivity index (χ1n) is 9.50. The Hall–Kier alpha value is -3.80. The second kappa shape index (κ2) is 8.14. The molecule has 0 amide bonds. The second-order valence-corrected chi connectivity index (χ2v) is 7.01. The molecule has 0 bridgehead atoms. The molecule has 0 aliphatic heterocycles. The fourth-order valence-corrected chi connectivity index (χ4v) is 3.87. The highest BCUT2D eigenvalue weighted by Gasteiger charge is 2.33. The van der Waals surface area contributed by atoms with Crippen LogP contribution in [0.1, 0.15) is 29.2 Å². The quantitative estimate of drug-likeness (QED) is 0.542. The van der Waals surface area contributed by atoms with Gasteiger partial charge in [0, 0.05) is 41.9 Å². The molecule has 2 aromatic carbocycles. The minimum Gasteiger partial charge on any atom is -0.508 e. The van der Waals surface area contributed by atoms with E-state index < -0.39 is 23.4 Å². The third kappa shape index (κ3) is 3.72. The highest BCUT2D eigenvalue weighted by atomic mass is 19.1. The predicted molar refractivity (Wildman–Crippen MR) is 111 cm³/mol. The Kier molecular flexibility index (Phi) is 5.38. The van der Waals surface area contributed by atoms with Gasteiger partial charge in [0.15, 0.2) is 0 Å². The summed E-state index contributed by atoms with van der Waals surface area (Å²) in [5, 5.41) is 6.05. The fourth-order valence-electron chi connectivity index (χ4n) is 3.87. The van der Waals surface area contributed by atoms with Crippen LogP contribution < -0.4 is 15.4 Å². The number of hydrogen-bond donors (Lipinski definition) is 2. The van der Waals surface area contributed by atoms with Crippen molar-refractivity contribution in [1.82, 2.24) is 9.97 Å². The zero-order chi connectivity index (χ0) is 22.1. The van der Waals surface area contributed by atoms with Gasteiger partial charge >= 0.3 is 0 Å². The number of benzene rings is 2. The van der Waals surface area contributed by atoms with Crippen LogP contribution in [0.3, 0.4) is 0 Å². The van der Waals surface area contributed by atoms with E-state index in [2.05, 4.69) is 25.4 Å². The molecular weight excluding hydrogens is 407 g/mol. The van der Waals surface area contributed by atoms with Gasteiger partial charge in [-0.3, -0.25) is 0 Å². The van der Waals surface area contributed by atoms with E-state index in [9.17, 15) is 13.2 Å². The van der Waals surface area contributed by atoms with Gasteiger partial charge in [0.25, 0.3) is 0 Å². The molecule has 2 N–H and O–H groups in total. The number of rotatable bonds is 5. The van der Waals surface area contributed by atoms with Crippen LogP contribution in [0.25, 0.3) is 4.85 Å². The fraction of sp³-hybridized carbons (Fsp3) is 0.227. The lowest BCUT2D eigenvalue weighted by atomic mass is 9.95. The van der Waals surface area contributed by atoms with E-state index in [-0.39, 0.29) is 11.5 Å². The van der Waals surface area contributed by atoms with Gasteiger partial charge in [0.2, 0.25) is 11.6 Å². The van der Waals surface area contributed by atoms with Gasteiger partial charge in [-0.1, -0.05) is 6.07 Å². The number of methoxy groups -OCH3 is 1. The second-order valence-electron chi connectivity index (χ2n) is 7.01. The first-order valence-corrected chi connectivity index (χ1v) is 9.50. The summed E-state index contributed by atoms with van der Waals surface area (Å²) in [4.78, 5) is 12.4. The minimum absolute atomic E-state index is 0.199. The third-order valence-corrected chi connectivity index (χ3v) is 5.24. The molecule has 9 heteroatoms. The van der Waals surface area contributed by atoms with Gasteiger partial charge < -0.3 is 15.4 Å². The van der Waals surface area contributed by atoms with Gasteiger partial charge in [0.05, 0.1) is 19.4 Å². The van der Waals surface area contributed by atoms with Crippen LogP contribution in [0, 0.1) is 24.0 Å². The normalized spacial score (nSPS) is 14.6. The van der Waals surface area contributed by atoms with Gasteiger partial charge in [0.1, 0.15) is 29.0 Å². The van der Waals surface area contributed by atoms with Crippen LogP contribution in [0.15, 0.2) is 30.3 Å². The van der Waals surface area contributed by atoms with Crippen molar-refractivity contribution in [1.29, 1.82) is 0 Å². The zero-order valence-corrected chi connectivity index (χ0v) is 16.8. The summed E-state index contributed by atoms with van der Waals surface area (Å²) in [6, 6.07) is 6.29. The summed E-state index contributed by atoms with van der Waals surface area (Å²) in [5.41, 5.74) is 1.99. The molecule has 6 nitrogen and oxygen atoms in total. The molecule has 1 aromatic heterocycles. The van der Waals surface area contributed by atoms with Gasteiger partial charge in [-0.2, -0.15) is 4.98 Å². The van der Waals surface area contributed by atoms with Crippen molar-refractivity contribution in [3.63, 3.8) is 0 Å². The minimum atomic E-state index is -0.963. The summed E-state index contributed by atoms with van der Waals surface area (Å²) >= 11 is 0. The molecule has 158 valence electrons. The average Bonchev–Trinajstić information content (AvgIpc) is 3.16. The molecule has 0 fully saturated rings. The highest BCUT2D eigenvalue weighted by Crippen LogP contribution is 2.42. The number of nitrogens with one attached hydrogen (secondary N) is 2. The molecule has 3 aromatic rings. The molecule has 1 atom stereocenters. The standard InChI is InChI=1S/C22H18F3N5O/c1-26-17-7-4-12(10-18(17)31-3)28-22-29-20-13(5-6-14(20)21(27-2)30-22)19-15(24)8-11(23)9-16(19)25/h4,7-10,13H,5-6H2,2-3H3,(H2,27,28,29,30)/t13-/m0/s1. The SMILES string of the molecule is [C-]#[N+]c1ccc(Nc2nc(NC)c3c(n2)[C@H](c2c(F)cc(F)cc2F)CC3)cc1OC. The molecule has 0 unspecified atom stereocenters. The first kappa shape index (κ1) is 20.5. The summed E-state index contributed by atoms with van der Waals surface area (Å²) in [7, 11) is 3.17. The smallest absolute Gasteiger partial charge is 0.229 e. The van der Waals surface area contributed by atoms with Crippen LogP contribution in [-0.2, 0) is 6.42 Å². The predicted octanol–water partition coefficient (Wildman–Crippen LogP) is 5.32. The van der Waals surface area contributed by atoms with Crippen molar-refractivity contribution in [2.45, 2.75) is 18.8 Å². The van der Waals surface area contributed by atoms with E-state index in [1.807, 2.05) is 0 Å². The molecule has 0 spiro atoms. The molecule has 0 saturated carbocycles. The number of aromatic nitrogens is 2. The topological polar surface area (TPSA) is 63.4 Å². The van der Waals surface area contributed by atoms with Crippen LogP contribution in [0.2, 0.25) is 0 Å². The lowest BCUT2D eigenvalue weighted by molar-refractivity contribution is 0.417. The van der Waals surface area contributed by atoms with E-state index in [0.717, 1.165) is 5.56 Å². The monoisotopic (exact) mass is 425 g/mol. The number of ether oxygens (including phenoxy) is 1. The average molecular weight is 425 g/mol. The Morgan fingerprint density at radius 2 is 1.87 bits per heavy atom. The molecule has 31 heavy (non-hydrogen) atoms. The summed E-state index contributed by atoms with van der Waals surface area (Å²) in [6.07, 6.45) is 0.954. The Bertz CT molecular complexity index is 1190. The van der Waals surface area contributed by atoms with Gasteiger partial charge in [-0.15, -0.1) is 0 Å². The van der Waals surface area contributed by atoms with E-state index in [1.165, 1.54) is 7.11 Å². The first-order chi connectivity index (χ1) is 14.9. The molecule has 1 aliphatic carbocycles. The Morgan fingerprint density at radius 3 is 2.52 bits per heavy atom. The number of hydrogen-bond acceptors (Lipinski definition) is 5. The van der Waals surface area contributed by atoms with E-state index in [0.29, 0.717) is 53.6 Å². The Morgan fingerprint density at radius 1 is 1.13 bits per heavy atom. The Labute approximate surface area is 176 Å². The van der Waals surface area contributed by atoms with Crippen molar-refractivity contribution in [3.8, 4) is 5.75 Å². The van der Waals surface area contributed by atoms with E-state index in [1.54, 1.807) is 25.2 Å². The summed E-state index contributed by atoms with van der Waals surface area (Å²) < 4.78 is 47.5. The van der Waals surface area contributed by atoms with Crippen molar-refractivity contribution < 1.29 is 17.9 Å². The molecule has 0 saturated heterocycles. The van der Waals surface area contributed by atoms with Crippen LogP contribution in [-0.4, -0.2) is 24.1 Å². The van der Waals surface area contributed by atoms with Gasteiger partial charge in [-0.05, 0) is 25.0 Å². The van der Waals surface area contributed by atoms with Crippen molar-refractivity contribution in [3.05, 3.63) is 76.0 Å². The Balaban J connectivity index is 1.76. The molecule has 1 heterocycles. The number of anilines is 3. The number of halogens is 3. The van der Waals surface area contributed by atoms with Gasteiger partial charge in [-0.25, -0.2) is 23.0 Å². The summed E-state index contributed by atoms with van der Waals surface area (Å²) in [5.74, 6) is -2.34. The molecule has 0 radical (unpaired) electrons. The number of nitrogens with zero attached hydrogens (tertiary/aromatic N) is 3. The maximum absolute atomic E-state index is 14.4. The number of fused-ring (bicyclic) bond motifs is 1. The largest absolute Gasteiger partial charge is 0.508 e. The highest BCUT2D eigenvalue weighted by molar-refractivity contribution is 5.67. The maximum Gasteiger partial charge on any atom is 0.229 e. The maximum atomic E-state index is 14.4. The molecule has 1 aliphatic rings. The lowest BCUT2D eigenvalue weighted by Gasteiger charge is -2.16. The third-order valence-electron chi connectivity index (χ3n) is 5.24. The van der Waals surface area contributed by atoms with Crippen molar-refractivity contribution >= 4 is 23.1 Å². The van der Waals surface area contributed by atoms with Crippen LogP contribution in [0.5, 0.6) is 5.75 Å². The zero-order valence-electron chi connectivity index (χ0n) is 16.8. The van der Waals surface area contributed by atoms with E-state index in [4.69, 9.17) is 11.3 Å². The van der Waals surface area contributed by atoms with Crippen LogP contribution >= 0.6 is 0 Å².